The summed E-state index contributed by atoms with van der Waals surface area (Å²) in [7, 11) is 3.01. The fraction of sp³-hybridized carbons (Fsp3) is 0.150. The maximum Gasteiger partial charge on any atom is 0.187 e. The van der Waals surface area contributed by atoms with Gasteiger partial charge in [0.05, 0.1) is 26.0 Å². The van der Waals surface area contributed by atoms with Crippen LogP contribution in [-0.2, 0) is 0 Å². The molecule has 0 spiro atoms. The number of hydrogen-bond acceptors (Lipinski definition) is 6. The van der Waals surface area contributed by atoms with Gasteiger partial charge in [-0.25, -0.2) is 4.98 Å². The van der Waals surface area contributed by atoms with Gasteiger partial charge in [-0.3, -0.25) is 4.79 Å². The largest absolute Gasteiger partial charge is 0.497 e. The third-order valence-corrected chi connectivity index (χ3v) is 5.10. The topological polar surface area (TPSA) is 72.2 Å². The lowest BCUT2D eigenvalue weighted by Gasteiger charge is -2.09. The van der Waals surface area contributed by atoms with Crippen molar-refractivity contribution in [2.75, 3.05) is 14.2 Å². The molecule has 0 aliphatic rings. The van der Waals surface area contributed by atoms with Crippen LogP contribution in [-0.4, -0.2) is 25.0 Å². The van der Waals surface area contributed by atoms with Crippen molar-refractivity contribution in [1.82, 2.24) is 4.98 Å². The number of hydrogen-bond donors (Lipinski definition) is 0. The molecule has 7 heteroatoms. The van der Waals surface area contributed by atoms with E-state index in [0.29, 0.717) is 32.8 Å². The molecule has 1 unspecified atom stereocenters. The fourth-order valence-corrected chi connectivity index (χ4v) is 3.51. The average Bonchev–Trinajstić information content (AvgIpc) is 3.18. The van der Waals surface area contributed by atoms with Crippen molar-refractivity contribution in [3.63, 3.8) is 0 Å². The highest BCUT2D eigenvalue weighted by Gasteiger charge is 2.26. The standard InChI is InChI=1S/C20H15ClN2O3S/c1-25-15-7-13(8-16(9-15)26-2)19(24)17(10-22)20-23-18(11-27-20)12-3-5-14(21)6-4-12/h3-9,11,17H,1-2H3. The van der Waals surface area contributed by atoms with Crippen molar-refractivity contribution in [1.29, 1.82) is 5.26 Å². The average molecular weight is 399 g/mol. The van der Waals surface area contributed by atoms with E-state index in [2.05, 4.69) is 11.1 Å². The quantitative estimate of drug-likeness (QED) is 0.548. The Kier molecular flexibility index (Phi) is 5.75. The number of ether oxygens (including phenoxy) is 2. The number of ketones is 1. The first-order valence-electron chi connectivity index (χ1n) is 7.94. The van der Waals surface area contributed by atoms with Crippen LogP contribution in [0.3, 0.4) is 0 Å². The molecule has 0 radical (unpaired) electrons. The minimum absolute atomic E-state index is 0.334. The van der Waals surface area contributed by atoms with Gasteiger partial charge >= 0.3 is 0 Å². The molecule has 0 bridgehead atoms. The Hall–Kier alpha value is -2.88. The minimum Gasteiger partial charge on any atom is -0.497 e. The van der Waals surface area contributed by atoms with Crippen LogP contribution in [0, 0.1) is 11.3 Å². The first kappa shape index (κ1) is 18.9. The summed E-state index contributed by atoms with van der Waals surface area (Å²) >= 11 is 7.18. The summed E-state index contributed by atoms with van der Waals surface area (Å²) in [6.45, 7) is 0. The Morgan fingerprint density at radius 1 is 1.15 bits per heavy atom. The molecule has 1 aromatic heterocycles. The van der Waals surface area contributed by atoms with E-state index in [-0.39, 0.29) is 5.78 Å². The van der Waals surface area contributed by atoms with Crippen molar-refractivity contribution in [2.45, 2.75) is 5.92 Å². The zero-order valence-corrected chi connectivity index (χ0v) is 16.2. The zero-order valence-electron chi connectivity index (χ0n) is 14.6. The number of rotatable bonds is 6. The molecule has 0 aliphatic heterocycles. The molecule has 1 heterocycles. The number of carbonyl (C=O) groups is 1. The first-order valence-corrected chi connectivity index (χ1v) is 9.19. The number of methoxy groups -OCH3 is 2. The third-order valence-electron chi connectivity index (χ3n) is 3.94. The maximum atomic E-state index is 12.9. The Morgan fingerprint density at radius 3 is 2.33 bits per heavy atom. The molecule has 0 N–H and O–H groups in total. The molecule has 0 amide bonds. The van der Waals surface area contributed by atoms with Crippen LogP contribution in [0.5, 0.6) is 11.5 Å². The third kappa shape index (κ3) is 4.11. The van der Waals surface area contributed by atoms with E-state index >= 15 is 0 Å². The molecular weight excluding hydrogens is 384 g/mol. The molecule has 136 valence electrons. The second-order valence-electron chi connectivity index (χ2n) is 5.61. The molecule has 3 rings (SSSR count). The summed E-state index contributed by atoms with van der Waals surface area (Å²) in [6, 6.07) is 14.1. The van der Waals surface area contributed by atoms with Crippen molar-refractivity contribution < 1.29 is 14.3 Å². The van der Waals surface area contributed by atoms with Gasteiger partial charge in [0.2, 0.25) is 0 Å². The molecule has 2 aromatic carbocycles. The van der Waals surface area contributed by atoms with Crippen molar-refractivity contribution in [3.05, 3.63) is 63.4 Å². The molecule has 0 fully saturated rings. The van der Waals surface area contributed by atoms with Crippen LogP contribution in [0.15, 0.2) is 47.8 Å². The van der Waals surface area contributed by atoms with E-state index in [1.54, 1.807) is 30.3 Å². The van der Waals surface area contributed by atoms with Gasteiger partial charge in [-0.05, 0) is 24.3 Å². The number of aromatic nitrogens is 1. The Bertz CT molecular complexity index is 987. The summed E-state index contributed by atoms with van der Waals surface area (Å²) in [5.41, 5.74) is 1.90. The van der Waals surface area contributed by atoms with Gasteiger partial charge in [0, 0.05) is 27.6 Å². The van der Waals surface area contributed by atoms with Gasteiger partial charge in [0.1, 0.15) is 16.5 Å². The van der Waals surface area contributed by atoms with Crippen LogP contribution in [0.4, 0.5) is 0 Å². The molecule has 0 saturated heterocycles. The smallest absolute Gasteiger partial charge is 0.187 e. The van der Waals surface area contributed by atoms with Crippen molar-refractivity contribution in [3.8, 4) is 28.8 Å². The molecule has 27 heavy (non-hydrogen) atoms. The Morgan fingerprint density at radius 2 is 1.78 bits per heavy atom. The van der Waals surface area contributed by atoms with E-state index < -0.39 is 5.92 Å². The van der Waals surface area contributed by atoms with E-state index in [1.165, 1.54) is 25.6 Å². The number of carbonyl (C=O) groups excluding carboxylic acids is 1. The Balaban J connectivity index is 1.93. The summed E-state index contributed by atoms with van der Waals surface area (Å²) in [6.07, 6.45) is 0. The predicted octanol–water partition coefficient (Wildman–Crippen LogP) is 4.97. The normalized spacial score (nSPS) is 11.5. The van der Waals surface area contributed by atoms with Crippen molar-refractivity contribution >= 4 is 28.7 Å². The fourth-order valence-electron chi connectivity index (χ4n) is 2.52. The Labute approximate surface area is 165 Å². The number of benzene rings is 2. The summed E-state index contributed by atoms with van der Waals surface area (Å²) < 4.78 is 10.4. The lowest BCUT2D eigenvalue weighted by molar-refractivity contribution is 0.0978. The van der Waals surface area contributed by atoms with Gasteiger partial charge in [0.25, 0.3) is 0 Å². The number of halogens is 1. The van der Waals surface area contributed by atoms with E-state index in [9.17, 15) is 10.1 Å². The number of Topliss-reactive ketones (excluding diaryl/α,β-unsaturated/α-hetero) is 1. The monoisotopic (exact) mass is 398 g/mol. The van der Waals surface area contributed by atoms with Gasteiger partial charge in [0.15, 0.2) is 11.7 Å². The van der Waals surface area contributed by atoms with Gasteiger partial charge < -0.3 is 9.47 Å². The highest BCUT2D eigenvalue weighted by molar-refractivity contribution is 7.10. The van der Waals surface area contributed by atoms with Crippen molar-refractivity contribution in [2.24, 2.45) is 0 Å². The molecule has 3 aromatic rings. The number of nitrogens with zero attached hydrogens (tertiary/aromatic N) is 2. The maximum absolute atomic E-state index is 12.9. The molecule has 1 atom stereocenters. The van der Waals surface area contributed by atoms with Gasteiger partial charge in [-0.15, -0.1) is 11.3 Å². The summed E-state index contributed by atoms with van der Waals surface area (Å²) in [5, 5.41) is 12.5. The highest BCUT2D eigenvalue weighted by atomic mass is 35.5. The SMILES string of the molecule is COc1cc(OC)cc(C(=O)C(C#N)c2nc(-c3ccc(Cl)cc3)cs2)c1. The van der Waals surface area contributed by atoms with Gasteiger partial charge in [-0.1, -0.05) is 23.7 Å². The van der Waals surface area contributed by atoms with E-state index in [1.807, 2.05) is 17.5 Å². The second kappa shape index (κ2) is 8.21. The molecular formula is C20H15ClN2O3S. The summed E-state index contributed by atoms with van der Waals surface area (Å²) in [5.74, 6) is -0.398. The lowest BCUT2D eigenvalue weighted by atomic mass is 9.99. The number of nitriles is 1. The van der Waals surface area contributed by atoms with E-state index in [0.717, 1.165) is 5.56 Å². The zero-order chi connectivity index (χ0) is 19.4. The first-order chi connectivity index (χ1) is 13.0. The number of thiazole rings is 1. The van der Waals surface area contributed by atoms with Crippen LogP contribution in [0.25, 0.3) is 11.3 Å². The summed E-state index contributed by atoms with van der Waals surface area (Å²) in [4.78, 5) is 17.4. The second-order valence-corrected chi connectivity index (χ2v) is 6.93. The molecule has 5 nitrogen and oxygen atoms in total. The van der Waals surface area contributed by atoms with Gasteiger partial charge in [-0.2, -0.15) is 5.26 Å². The predicted molar refractivity (Wildman–Crippen MR) is 105 cm³/mol. The van der Waals surface area contributed by atoms with Crippen LogP contribution >= 0.6 is 22.9 Å². The lowest BCUT2D eigenvalue weighted by Crippen LogP contribution is -2.11. The minimum atomic E-state index is -1.01. The highest BCUT2D eigenvalue weighted by Crippen LogP contribution is 2.31. The van der Waals surface area contributed by atoms with Crippen LogP contribution in [0.2, 0.25) is 5.02 Å². The van der Waals surface area contributed by atoms with Crippen LogP contribution < -0.4 is 9.47 Å². The molecule has 0 aliphatic carbocycles. The molecule has 0 saturated carbocycles. The van der Waals surface area contributed by atoms with E-state index in [4.69, 9.17) is 21.1 Å². The van der Waals surface area contributed by atoms with Crippen LogP contribution in [0.1, 0.15) is 21.3 Å².